The highest BCUT2D eigenvalue weighted by molar-refractivity contribution is 7.91. The molecule has 2 heterocycles. The smallest absolute Gasteiger partial charge is 0.320 e. The van der Waals surface area contributed by atoms with Gasteiger partial charge in [-0.3, -0.25) is 4.90 Å². The zero-order valence-electron chi connectivity index (χ0n) is 14.8. The zero-order chi connectivity index (χ0) is 17.9. The third-order valence-electron chi connectivity index (χ3n) is 5.19. The molecule has 0 saturated carbocycles. The Kier molecular flexibility index (Phi) is 5.64. The van der Waals surface area contributed by atoms with Crippen molar-refractivity contribution in [2.24, 2.45) is 0 Å². The monoisotopic (exact) mass is 365 g/mol. The first-order chi connectivity index (χ1) is 11.9. The molecule has 0 radical (unpaired) electrons. The van der Waals surface area contributed by atoms with Gasteiger partial charge < -0.3 is 9.80 Å². The van der Waals surface area contributed by atoms with Crippen LogP contribution in [0, 0.1) is 0 Å². The van der Waals surface area contributed by atoms with Crippen LogP contribution < -0.4 is 0 Å². The topological polar surface area (TPSA) is 60.9 Å². The Labute approximate surface area is 150 Å². The molecule has 2 fully saturated rings. The number of amides is 2. The Morgan fingerprint density at radius 3 is 2.52 bits per heavy atom. The second-order valence-corrected chi connectivity index (χ2v) is 9.35. The molecule has 2 aliphatic rings. The van der Waals surface area contributed by atoms with Gasteiger partial charge in [0.2, 0.25) is 0 Å². The molecule has 1 aromatic carbocycles. The molecule has 25 heavy (non-hydrogen) atoms. The van der Waals surface area contributed by atoms with E-state index < -0.39 is 9.84 Å². The van der Waals surface area contributed by atoms with Crippen molar-refractivity contribution in [3.63, 3.8) is 0 Å². The van der Waals surface area contributed by atoms with E-state index in [-0.39, 0.29) is 23.6 Å². The van der Waals surface area contributed by atoms with Crippen molar-refractivity contribution in [3.8, 4) is 0 Å². The number of sulfone groups is 1. The van der Waals surface area contributed by atoms with Crippen molar-refractivity contribution in [2.75, 3.05) is 44.7 Å². The molecule has 0 N–H and O–H groups in total. The van der Waals surface area contributed by atoms with Crippen molar-refractivity contribution in [1.29, 1.82) is 0 Å². The van der Waals surface area contributed by atoms with Gasteiger partial charge in [-0.15, -0.1) is 0 Å². The Hall–Kier alpha value is -1.60. The van der Waals surface area contributed by atoms with E-state index in [9.17, 15) is 13.2 Å². The van der Waals surface area contributed by atoms with Crippen LogP contribution in [0.3, 0.4) is 0 Å². The fraction of sp³-hybridized carbons (Fsp3) is 0.611. The van der Waals surface area contributed by atoms with Gasteiger partial charge in [0.15, 0.2) is 9.84 Å². The number of likely N-dealkylation sites (tertiary alicyclic amines) is 1. The molecule has 1 atom stereocenters. The summed E-state index contributed by atoms with van der Waals surface area (Å²) in [7, 11) is -1.11. The van der Waals surface area contributed by atoms with Crippen LogP contribution in [0.1, 0.15) is 18.4 Å². The van der Waals surface area contributed by atoms with Crippen LogP contribution in [-0.4, -0.2) is 79.9 Å². The number of likely N-dealkylation sites (N-methyl/N-ethyl adjacent to an activating group) is 1. The van der Waals surface area contributed by atoms with E-state index >= 15 is 0 Å². The Morgan fingerprint density at radius 2 is 1.84 bits per heavy atom. The molecule has 0 aromatic heterocycles. The van der Waals surface area contributed by atoms with Crippen molar-refractivity contribution >= 4 is 15.9 Å². The molecule has 2 saturated heterocycles. The molecule has 0 bridgehead atoms. The summed E-state index contributed by atoms with van der Waals surface area (Å²) in [5.74, 6) is 0.161. The highest BCUT2D eigenvalue weighted by Gasteiger charge is 2.31. The van der Waals surface area contributed by atoms with E-state index in [0.29, 0.717) is 13.1 Å². The van der Waals surface area contributed by atoms with Gasteiger partial charge in [-0.05, 0) is 24.9 Å². The Morgan fingerprint density at radius 1 is 1.16 bits per heavy atom. The van der Waals surface area contributed by atoms with Crippen molar-refractivity contribution in [2.45, 2.75) is 25.4 Å². The standard InChI is InChI=1S/C18H27N3O3S/c1-19(18(22)21-10-12-25(23,24)13-11-21)17-8-5-9-20(15-17)14-16-6-3-2-4-7-16/h2-4,6-7,17H,5,8-15H2,1H3. The molecule has 2 amide bonds. The lowest BCUT2D eigenvalue weighted by molar-refractivity contribution is 0.103. The summed E-state index contributed by atoms with van der Waals surface area (Å²) in [6.45, 7) is 3.44. The first-order valence-corrected chi connectivity index (χ1v) is 10.8. The number of carbonyl (C=O) groups excluding carboxylic acids is 1. The zero-order valence-corrected chi connectivity index (χ0v) is 15.6. The lowest BCUT2D eigenvalue weighted by atomic mass is 10.0. The number of carbonyl (C=O) groups is 1. The summed E-state index contributed by atoms with van der Waals surface area (Å²) < 4.78 is 23.1. The van der Waals surface area contributed by atoms with Gasteiger partial charge in [0.25, 0.3) is 0 Å². The molecule has 2 aliphatic heterocycles. The second kappa shape index (κ2) is 7.74. The van der Waals surface area contributed by atoms with E-state index in [2.05, 4.69) is 29.2 Å². The molecule has 1 unspecified atom stereocenters. The summed E-state index contributed by atoms with van der Waals surface area (Å²) in [5, 5.41) is 0. The summed E-state index contributed by atoms with van der Waals surface area (Å²) >= 11 is 0. The Bertz CT molecular complexity index is 679. The van der Waals surface area contributed by atoms with Crippen LogP contribution in [-0.2, 0) is 16.4 Å². The van der Waals surface area contributed by atoms with Crippen LogP contribution in [0.4, 0.5) is 4.79 Å². The number of benzene rings is 1. The quantitative estimate of drug-likeness (QED) is 0.813. The van der Waals surface area contributed by atoms with Crippen molar-refractivity contribution < 1.29 is 13.2 Å². The predicted molar refractivity (Wildman–Crippen MR) is 98.1 cm³/mol. The number of piperidine rings is 1. The molecule has 0 aliphatic carbocycles. The molecular weight excluding hydrogens is 338 g/mol. The maximum Gasteiger partial charge on any atom is 0.320 e. The first-order valence-electron chi connectivity index (χ1n) is 8.93. The highest BCUT2D eigenvalue weighted by atomic mass is 32.2. The van der Waals surface area contributed by atoms with E-state index in [0.717, 1.165) is 32.5 Å². The number of nitrogens with zero attached hydrogens (tertiary/aromatic N) is 3. The summed E-state index contributed by atoms with van der Waals surface area (Å²) in [4.78, 5) is 18.6. The number of hydrogen-bond donors (Lipinski definition) is 0. The van der Waals surface area contributed by atoms with Crippen molar-refractivity contribution in [1.82, 2.24) is 14.7 Å². The van der Waals surface area contributed by atoms with Crippen LogP contribution in [0.25, 0.3) is 0 Å². The second-order valence-electron chi connectivity index (χ2n) is 7.05. The van der Waals surface area contributed by atoms with E-state index in [1.165, 1.54) is 5.56 Å². The van der Waals surface area contributed by atoms with Gasteiger partial charge in [0, 0.05) is 39.3 Å². The lowest BCUT2D eigenvalue weighted by Gasteiger charge is -2.40. The predicted octanol–water partition coefficient (Wildman–Crippen LogP) is 1.43. The van der Waals surface area contributed by atoms with E-state index in [1.807, 2.05) is 18.0 Å². The third-order valence-corrected chi connectivity index (χ3v) is 6.80. The number of rotatable bonds is 3. The Balaban J connectivity index is 1.56. The minimum atomic E-state index is -2.96. The van der Waals surface area contributed by atoms with E-state index in [4.69, 9.17) is 0 Å². The molecule has 3 rings (SSSR count). The highest BCUT2D eigenvalue weighted by Crippen LogP contribution is 2.19. The normalized spacial score (nSPS) is 24.0. The molecule has 138 valence electrons. The summed E-state index contributed by atoms with van der Waals surface area (Å²) in [6, 6.07) is 10.5. The average molecular weight is 365 g/mol. The van der Waals surface area contributed by atoms with Gasteiger partial charge in [-0.25, -0.2) is 13.2 Å². The summed E-state index contributed by atoms with van der Waals surface area (Å²) in [5.41, 5.74) is 1.29. The minimum absolute atomic E-state index is 0.0403. The molecule has 1 aromatic rings. The van der Waals surface area contributed by atoms with E-state index in [1.54, 1.807) is 4.90 Å². The van der Waals surface area contributed by atoms with Gasteiger partial charge >= 0.3 is 6.03 Å². The van der Waals surface area contributed by atoms with Gasteiger partial charge in [0.05, 0.1) is 11.5 Å². The fourth-order valence-corrected chi connectivity index (χ4v) is 4.82. The van der Waals surface area contributed by atoms with Crippen LogP contribution in [0.2, 0.25) is 0 Å². The van der Waals surface area contributed by atoms with Gasteiger partial charge in [-0.2, -0.15) is 0 Å². The van der Waals surface area contributed by atoms with Crippen LogP contribution >= 0.6 is 0 Å². The largest absolute Gasteiger partial charge is 0.323 e. The van der Waals surface area contributed by atoms with Crippen molar-refractivity contribution in [3.05, 3.63) is 35.9 Å². The summed E-state index contributed by atoms with van der Waals surface area (Å²) in [6.07, 6.45) is 2.07. The molecular formula is C18H27N3O3S. The van der Waals surface area contributed by atoms with Crippen LogP contribution in [0.5, 0.6) is 0 Å². The molecule has 7 heteroatoms. The maximum absolute atomic E-state index is 12.7. The van der Waals surface area contributed by atoms with Gasteiger partial charge in [0.1, 0.15) is 0 Å². The maximum atomic E-state index is 12.7. The number of hydrogen-bond acceptors (Lipinski definition) is 4. The number of urea groups is 1. The SMILES string of the molecule is CN(C(=O)N1CCS(=O)(=O)CC1)C1CCCN(Cc2ccccc2)C1. The van der Waals surface area contributed by atoms with Crippen LogP contribution in [0.15, 0.2) is 30.3 Å². The third kappa shape index (κ3) is 4.73. The first kappa shape index (κ1) is 18.2. The fourth-order valence-electron chi connectivity index (χ4n) is 3.62. The lowest BCUT2D eigenvalue weighted by Crippen LogP contribution is -2.54. The average Bonchev–Trinajstić information content (AvgIpc) is 2.61. The molecule has 0 spiro atoms. The van der Waals surface area contributed by atoms with Gasteiger partial charge in [-0.1, -0.05) is 30.3 Å². The molecule has 6 nitrogen and oxygen atoms in total. The minimum Gasteiger partial charge on any atom is -0.323 e.